The standard InChI is InChI=1S/C16H23N5O2S.ClH/c22-14(18-5-1-8-21-9-6-17-7-10-21)2-3-15-19-16(20-23-15)13-4-11-24-12-13;/h4,11-12,17H,1-3,5-10H2,(H,18,22);1H. The molecule has 0 unspecified atom stereocenters. The number of carbonyl (C=O) groups is 1. The van der Waals surface area contributed by atoms with Crippen molar-refractivity contribution in [3.63, 3.8) is 0 Å². The summed E-state index contributed by atoms with van der Waals surface area (Å²) in [6.07, 6.45) is 1.83. The highest BCUT2D eigenvalue weighted by Gasteiger charge is 2.11. The molecule has 1 fully saturated rings. The molecular weight excluding hydrogens is 362 g/mol. The van der Waals surface area contributed by atoms with Crippen LogP contribution >= 0.6 is 23.7 Å². The van der Waals surface area contributed by atoms with E-state index in [0.717, 1.165) is 44.7 Å². The number of piperazine rings is 1. The lowest BCUT2D eigenvalue weighted by atomic mass is 10.2. The number of carbonyl (C=O) groups excluding carboxylic acids is 1. The summed E-state index contributed by atoms with van der Waals surface area (Å²) in [5, 5.41) is 14.2. The van der Waals surface area contributed by atoms with Crippen molar-refractivity contribution in [3.8, 4) is 11.4 Å². The van der Waals surface area contributed by atoms with Crippen molar-refractivity contribution in [2.24, 2.45) is 0 Å². The fourth-order valence-corrected chi connectivity index (χ4v) is 3.27. The van der Waals surface area contributed by atoms with Crippen molar-refractivity contribution in [2.75, 3.05) is 39.3 Å². The van der Waals surface area contributed by atoms with Gasteiger partial charge in [0.15, 0.2) is 0 Å². The highest BCUT2D eigenvalue weighted by atomic mass is 35.5. The van der Waals surface area contributed by atoms with Gasteiger partial charge in [0.2, 0.25) is 17.6 Å². The summed E-state index contributed by atoms with van der Waals surface area (Å²) in [5.41, 5.74) is 0.951. The number of amides is 1. The Morgan fingerprint density at radius 2 is 2.24 bits per heavy atom. The Balaban J connectivity index is 0.00000225. The second-order valence-corrected chi connectivity index (χ2v) is 6.60. The van der Waals surface area contributed by atoms with Gasteiger partial charge in [-0.3, -0.25) is 4.79 Å². The summed E-state index contributed by atoms with van der Waals surface area (Å²) < 4.78 is 5.19. The van der Waals surface area contributed by atoms with Crippen molar-refractivity contribution in [1.82, 2.24) is 25.7 Å². The van der Waals surface area contributed by atoms with Gasteiger partial charge in [-0.1, -0.05) is 5.16 Å². The molecule has 0 spiro atoms. The van der Waals surface area contributed by atoms with Crippen molar-refractivity contribution < 1.29 is 9.32 Å². The van der Waals surface area contributed by atoms with Crippen molar-refractivity contribution in [1.29, 1.82) is 0 Å². The lowest BCUT2D eigenvalue weighted by Crippen LogP contribution is -2.44. The molecule has 2 aromatic heterocycles. The molecule has 25 heavy (non-hydrogen) atoms. The number of halogens is 1. The lowest BCUT2D eigenvalue weighted by Gasteiger charge is -2.27. The third-order valence-corrected chi connectivity index (χ3v) is 4.68. The van der Waals surface area contributed by atoms with Gasteiger partial charge in [-0.05, 0) is 24.4 Å². The number of rotatable bonds is 8. The van der Waals surface area contributed by atoms with Crippen LogP contribution in [-0.2, 0) is 11.2 Å². The molecule has 7 nitrogen and oxygen atoms in total. The zero-order valence-corrected chi connectivity index (χ0v) is 15.7. The molecule has 2 aromatic rings. The fourth-order valence-electron chi connectivity index (χ4n) is 2.64. The molecule has 2 N–H and O–H groups in total. The number of hydrogen-bond donors (Lipinski definition) is 2. The van der Waals surface area contributed by atoms with E-state index in [0.29, 0.717) is 31.1 Å². The first kappa shape index (κ1) is 19.8. The van der Waals surface area contributed by atoms with Crippen LogP contribution < -0.4 is 10.6 Å². The van der Waals surface area contributed by atoms with Crippen LogP contribution in [0, 0.1) is 0 Å². The van der Waals surface area contributed by atoms with Gasteiger partial charge in [-0.25, -0.2) is 0 Å². The number of aromatic nitrogens is 2. The maximum absolute atomic E-state index is 11.9. The maximum atomic E-state index is 11.9. The molecule has 1 amide bonds. The Hall–Kier alpha value is -1.48. The van der Waals surface area contributed by atoms with Crippen LogP contribution in [0.15, 0.2) is 21.3 Å². The summed E-state index contributed by atoms with van der Waals surface area (Å²) in [4.78, 5) is 18.6. The van der Waals surface area contributed by atoms with E-state index in [1.165, 1.54) is 0 Å². The number of hydrogen-bond acceptors (Lipinski definition) is 7. The van der Waals surface area contributed by atoms with Crippen molar-refractivity contribution in [2.45, 2.75) is 19.3 Å². The minimum absolute atomic E-state index is 0. The molecule has 0 atom stereocenters. The smallest absolute Gasteiger partial charge is 0.227 e. The summed E-state index contributed by atoms with van der Waals surface area (Å²) in [5.74, 6) is 1.13. The van der Waals surface area contributed by atoms with Gasteiger partial charge in [-0.15, -0.1) is 12.4 Å². The summed E-state index contributed by atoms with van der Waals surface area (Å²) in [7, 11) is 0. The van der Waals surface area contributed by atoms with Crippen molar-refractivity contribution in [3.05, 3.63) is 22.7 Å². The predicted octanol–water partition coefficient (Wildman–Crippen LogP) is 1.56. The average Bonchev–Trinajstić information content (AvgIpc) is 3.29. The molecule has 3 rings (SSSR count). The zero-order valence-electron chi connectivity index (χ0n) is 14.1. The van der Waals surface area contributed by atoms with E-state index in [1.54, 1.807) is 11.3 Å². The fraction of sp³-hybridized carbons (Fsp3) is 0.562. The molecule has 0 aromatic carbocycles. The van der Waals surface area contributed by atoms with Gasteiger partial charge in [0.05, 0.1) is 0 Å². The molecule has 0 radical (unpaired) electrons. The van der Waals surface area contributed by atoms with Crippen LogP contribution in [-0.4, -0.2) is 60.2 Å². The molecule has 1 aliphatic rings. The predicted molar refractivity (Wildman–Crippen MR) is 100 cm³/mol. The Morgan fingerprint density at radius 3 is 3.00 bits per heavy atom. The molecule has 9 heteroatoms. The van der Waals surface area contributed by atoms with Gasteiger partial charge in [-0.2, -0.15) is 16.3 Å². The number of nitrogens with zero attached hydrogens (tertiary/aromatic N) is 3. The minimum Gasteiger partial charge on any atom is -0.356 e. The van der Waals surface area contributed by atoms with Crippen LogP contribution in [0.5, 0.6) is 0 Å². The molecule has 1 saturated heterocycles. The van der Waals surface area contributed by atoms with Crippen LogP contribution in [0.4, 0.5) is 0 Å². The first-order chi connectivity index (χ1) is 11.8. The van der Waals surface area contributed by atoms with Gasteiger partial charge in [0, 0.05) is 56.5 Å². The van der Waals surface area contributed by atoms with E-state index in [9.17, 15) is 4.79 Å². The van der Waals surface area contributed by atoms with E-state index < -0.39 is 0 Å². The first-order valence-corrected chi connectivity index (χ1v) is 9.30. The number of aryl methyl sites for hydroxylation is 1. The Kier molecular flexibility index (Phi) is 8.33. The SMILES string of the molecule is Cl.O=C(CCc1nc(-c2ccsc2)no1)NCCCN1CCNCC1. The highest BCUT2D eigenvalue weighted by Crippen LogP contribution is 2.18. The molecule has 0 bridgehead atoms. The molecule has 3 heterocycles. The van der Waals surface area contributed by atoms with Crippen LogP contribution in [0.2, 0.25) is 0 Å². The van der Waals surface area contributed by atoms with E-state index in [2.05, 4.69) is 25.7 Å². The Morgan fingerprint density at radius 1 is 1.40 bits per heavy atom. The van der Waals surface area contributed by atoms with Crippen LogP contribution in [0.25, 0.3) is 11.4 Å². The molecule has 0 saturated carbocycles. The van der Waals surface area contributed by atoms with E-state index in [1.807, 2.05) is 16.8 Å². The largest absolute Gasteiger partial charge is 0.356 e. The highest BCUT2D eigenvalue weighted by molar-refractivity contribution is 7.08. The average molecular weight is 386 g/mol. The summed E-state index contributed by atoms with van der Waals surface area (Å²) in [6.45, 7) is 6.06. The third kappa shape index (κ3) is 6.39. The van der Waals surface area contributed by atoms with Gasteiger partial charge in [0.25, 0.3) is 0 Å². The zero-order chi connectivity index (χ0) is 16.6. The molecule has 0 aliphatic carbocycles. The normalized spacial score (nSPS) is 14.9. The second kappa shape index (κ2) is 10.5. The molecule has 138 valence electrons. The van der Waals surface area contributed by atoms with E-state index in [-0.39, 0.29) is 18.3 Å². The number of nitrogens with one attached hydrogen (secondary N) is 2. The minimum atomic E-state index is 0. The maximum Gasteiger partial charge on any atom is 0.227 e. The third-order valence-electron chi connectivity index (χ3n) is 4.00. The van der Waals surface area contributed by atoms with Gasteiger partial charge in [0.1, 0.15) is 0 Å². The van der Waals surface area contributed by atoms with E-state index in [4.69, 9.17) is 4.52 Å². The molecule has 1 aliphatic heterocycles. The van der Waals surface area contributed by atoms with Crippen LogP contribution in [0.1, 0.15) is 18.7 Å². The second-order valence-electron chi connectivity index (χ2n) is 5.82. The van der Waals surface area contributed by atoms with Crippen molar-refractivity contribution >= 4 is 29.7 Å². The van der Waals surface area contributed by atoms with E-state index >= 15 is 0 Å². The lowest BCUT2D eigenvalue weighted by molar-refractivity contribution is -0.121. The van der Waals surface area contributed by atoms with Gasteiger partial charge >= 0.3 is 0 Å². The quantitative estimate of drug-likeness (QED) is 0.671. The monoisotopic (exact) mass is 385 g/mol. The molecular formula is C16H24ClN5O2S. The topological polar surface area (TPSA) is 83.3 Å². The summed E-state index contributed by atoms with van der Waals surface area (Å²) in [6, 6.07) is 1.95. The summed E-state index contributed by atoms with van der Waals surface area (Å²) >= 11 is 1.59. The van der Waals surface area contributed by atoms with Gasteiger partial charge < -0.3 is 20.1 Å². The Labute approximate surface area is 157 Å². The number of thiophene rings is 1. The first-order valence-electron chi connectivity index (χ1n) is 8.36. The van der Waals surface area contributed by atoms with Crippen LogP contribution in [0.3, 0.4) is 0 Å². The Bertz CT molecular complexity index is 628.